The Bertz CT molecular complexity index is 141. The van der Waals surface area contributed by atoms with Gasteiger partial charge in [-0.15, -0.1) is 0 Å². The first kappa shape index (κ1) is 43.1. The van der Waals surface area contributed by atoms with E-state index in [-0.39, 0.29) is 96.5 Å². The third-order valence-electron chi connectivity index (χ3n) is 0. The second-order valence-electron chi connectivity index (χ2n) is 0.861. The van der Waals surface area contributed by atoms with Crippen molar-refractivity contribution in [2.24, 2.45) is 0 Å². The topological polar surface area (TPSA) is 188 Å². The fourth-order valence-corrected chi connectivity index (χ4v) is 0. The van der Waals surface area contributed by atoms with E-state index in [1.54, 1.807) is 0 Å². The maximum Gasteiger partial charge on any atom is 2.00 e. The summed E-state index contributed by atoms with van der Waals surface area (Å²) in [4.78, 5) is 33.8. The van der Waals surface area contributed by atoms with Crippen molar-refractivity contribution in [3.05, 3.63) is 0 Å². The van der Waals surface area contributed by atoms with Crippen LogP contribution in [-0.4, -0.2) is 11.0 Å². The van der Waals surface area contributed by atoms with Crippen LogP contribution in [0.3, 0.4) is 0 Å². The van der Waals surface area contributed by atoms with Crippen LogP contribution in [0.5, 0.6) is 0 Å². The second kappa shape index (κ2) is 19.1. The summed E-state index contributed by atoms with van der Waals surface area (Å²) in [7, 11) is -11.3. The number of halogens is 2. The van der Waals surface area contributed by atoms with Crippen LogP contribution >= 0.6 is 15.8 Å². The van der Waals surface area contributed by atoms with Gasteiger partial charge in [-0.05, 0) is 0 Å². The fourth-order valence-electron chi connectivity index (χ4n) is 0. The molecule has 0 unspecified atom stereocenters. The van der Waals surface area contributed by atoms with E-state index in [2.05, 4.69) is 0 Å². The van der Waals surface area contributed by atoms with Crippen molar-refractivity contribution < 1.29 is 134 Å². The molecule has 0 amide bonds. The van der Waals surface area contributed by atoms with E-state index >= 15 is 0 Å². The Morgan fingerprint density at radius 2 is 0.800 bits per heavy atom. The standard InChI is InChI=1S/2Cu.2FH2O3P.K.2H2O/c;;2*1-5(2,3)4;;;/h;;2*(H2,2,3,4);;2*1H2/q2*+2;;;+1;;/p-5. The molecule has 98 valence electrons. The molecule has 0 aliphatic rings. The van der Waals surface area contributed by atoms with Gasteiger partial charge < -0.3 is 39.7 Å². The van der Waals surface area contributed by atoms with Gasteiger partial charge in [0.25, 0.3) is 0 Å². The van der Waals surface area contributed by atoms with E-state index < -0.39 is 15.8 Å². The Kier molecular flexibility index (Phi) is 54.9. The molecule has 8 nitrogen and oxygen atoms in total. The third-order valence-corrected chi connectivity index (χ3v) is 0. The molecule has 0 rings (SSSR count). The van der Waals surface area contributed by atoms with Crippen LogP contribution in [-0.2, 0) is 43.3 Å². The summed E-state index contributed by atoms with van der Waals surface area (Å²) in [5.41, 5.74) is 0. The maximum atomic E-state index is 10.1. The molecule has 0 aliphatic carbocycles. The molecule has 0 aromatic rings. The van der Waals surface area contributed by atoms with Gasteiger partial charge in [-0.25, -0.2) is 8.39 Å². The molecule has 0 bridgehead atoms. The molecular formula is H3Cu2F2KO8P2. The third kappa shape index (κ3) is 481. The largest absolute Gasteiger partial charge is 2.00 e. The normalized spacial score (nSPS) is 7.87. The van der Waals surface area contributed by atoms with Gasteiger partial charge in [0.05, 0.1) is 0 Å². The van der Waals surface area contributed by atoms with Gasteiger partial charge in [-0.2, -0.15) is 0 Å². The fraction of sp³-hybridized carbons (Fsp3) is 0. The van der Waals surface area contributed by atoms with Gasteiger partial charge in [0.2, 0.25) is 0 Å². The van der Waals surface area contributed by atoms with Crippen molar-refractivity contribution in [2.45, 2.75) is 0 Å². The van der Waals surface area contributed by atoms with Crippen LogP contribution in [0.25, 0.3) is 0 Å². The maximum absolute atomic E-state index is 10.1. The molecule has 0 fully saturated rings. The van der Waals surface area contributed by atoms with Crippen LogP contribution in [0.1, 0.15) is 0 Å². The van der Waals surface area contributed by atoms with Crippen LogP contribution in [0.15, 0.2) is 0 Å². The van der Waals surface area contributed by atoms with Gasteiger partial charge in [0.15, 0.2) is 0 Å². The molecule has 0 saturated carbocycles. The van der Waals surface area contributed by atoms with Gasteiger partial charge in [0.1, 0.15) is 15.8 Å². The summed E-state index contributed by atoms with van der Waals surface area (Å²) in [6.45, 7) is 0. The molecule has 3 N–H and O–H groups in total. The summed E-state index contributed by atoms with van der Waals surface area (Å²) in [5, 5.41) is 0. The quantitative estimate of drug-likeness (QED) is 0.287. The van der Waals surface area contributed by atoms with Gasteiger partial charge in [-0.1, -0.05) is 0 Å². The summed E-state index contributed by atoms with van der Waals surface area (Å²) < 4.78 is 37.1. The van der Waals surface area contributed by atoms with Crippen molar-refractivity contribution in [1.82, 2.24) is 0 Å². The summed E-state index contributed by atoms with van der Waals surface area (Å²) in [5.74, 6) is 0. The Labute approximate surface area is 147 Å². The monoisotopic (exact) mass is 396 g/mol. The molecule has 0 heterocycles. The second-order valence-corrected chi connectivity index (χ2v) is 2.58. The van der Waals surface area contributed by atoms with Gasteiger partial charge in [0, 0.05) is 0 Å². The Balaban J connectivity index is -0.0000000128. The van der Waals surface area contributed by atoms with Crippen LogP contribution in [0.4, 0.5) is 8.39 Å². The Morgan fingerprint density at radius 3 is 0.800 bits per heavy atom. The van der Waals surface area contributed by atoms with E-state index in [9.17, 15) is 8.39 Å². The zero-order valence-corrected chi connectivity index (χ0v) is 13.4. The van der Waals surface area contributed by atoms with Crippen molar-refractivity contribution in [3.8, 4) is 0 Å². The van der Waals surface area contributed by atoms with Crippen molar-refractivity contribution in [3.63, 3.8) is 0 Å². The zero-order chi connectivity index (χ0) is 9.00. The zero-order valence-electron chi connectivity index (χ0n) is 6.65. The van der Waals surface area contributed by atoms with Crippen LogP contribution in [0, 0.1) is 0 Å². The molecule has 0 atom stereocenters. The molecular weight excluding hydrogens is 394 g/mol. The van der Waals surface area contributed by atoms with Crippen molar-refractivity contribution in [2.75, 3.05) is 0 Å². The molecule has 2 radical (unpaired) electrons. The number of rotatable bonds is 0. The number of hydrogen-bond donors (Lipinski definition) is 0. The van der Waals surface area contributed by atoms with E-state index in [0.29, 0.717) is 0 Å². The van der Waals surface area contributed by atoms with Crippen molar-refractivity contribution in [1.29, 1.82) is 0 Å². The first-order chi connectivity index (χ1) is 4.00. The van der Waals surface area contributed by atoms with Crippen LogP contribution < -0.4 is 71.0 Å². The van der Waals surface area contributed by atoms with E-state index in [0.717, 1.165) is 0 Å². The minimum atomic E-state index is -5.64. The van der Waals surface area contributed by atoms with Gasteiger partial charge >= 0.3 is 85.5 Å². The smallest absolute Gasteiger partial charge is 0.870 e. The molecule has 15 heavy (non-hydrogen) atoms. The number of hydrogen-bond acceptors (Lipinski definition) is 7. The minimum absolute atomic E-state index is 0. The molecule has 15 heteroatoms. The SMILES string of the molecule is O.O=P([O-])([O-])F.O=P([O-])([O-])F.[Cu+2].[Cu+2].[K+].[OH-]. The average molecular weight is 397 g/mol. The molecule has 0 spiro atoms. The molecule has 0 aromatic heterocycles. The summed E-state index contributed by atoms with van der Waals surface area (Å²) >= 11 is 0. The molecule has 0 aromatic carbocycles. The predicted octanol–water partition coefficient (Wildman–Crippen LogP) is -6.43. The molecule has 0 aliphatic heterocycles. The van der Waals surface area contributed by atoms with E-state index in [1.165, 1.54) is 0 Å². The van der Waals surface area contributed by atoms with Crippen LogP contribution in [0.2, 0.25) is 0 Å². The predicted molar refractivity (Wildman–Crippen MR) is 23.0 cm³/mol. The van der Waals surface area contributed by atoms with E-state index in [4.69, 9.17) is 28.7 Å². The first-order valence-corrected chi connectivity index (χ1v) is 4.30. The van der Waals surface area contributed by atoms with E-state index in [1.807, 2.05) is 0 Å². The summed E-state index contributed by atoms with van der Waals surface area (Å²) in [6.07, 6.45) is 0. The average Bonchev–Trinajstić information content (AvgIpc) is 1.12. The minimum Gasteiger partial charge on any atom is -0.870 e. The summed E-state index contributed by atoms with van der Waals surface area (Å²) in [6, 6.07) is 0. The molecule has 0 saturated heterocycles. The first-order valence-electron chi connectivity index (χ1n) is 1.43. The van der Waals surface area contributed by atoms with Gasteiger partial charge in [-0.3, -0.25) is 0 Å². The Hall–Kier alpha value is 2.76. The van der Waals surface area contributed by atoms with Crippen molar-refractivity contribution >= 4 is 15.8 Å². The Morgan fingerprint density at radius 1 is 0.800 bits per heavy atom.